The lowest BCUT2D eigenvalue weighted by molar-refractivity contribution is -0.133. The number of carbonyl (C=O) groups excluding carboxylic acids is 1. The Kier molecular flexibility index (Phi) is 9.53. The van der Waals surface area contributed by atoms with Gasteiger partial charge in [-0.05, 0) is 66.6 Å². The molecule has 0 spiro atoms. The second kappa shape index (κ2) is 13.5. The van der Waals surface area contributed by atoms with E-state index in [-0.39, 0.29) is 0 Å². The predicted octanol–water partition coefficient (Wildman–Crippen LogP) is 5.83. The monoisotopic (exact) mass is 602 g/mol. The minimum atomic E-state index is -4.38. The zero-order valence-electron chi connectivity index (χ0n) is 23.1. The van der Waals surface area contributed by atoms with Crippen molar-refractivity contribution in [3.05, 3.63) is 70.3 Å². The van der Waals surface area contributed by atoms with E-state index in [1.807, 2.05) is 11.4 Å². The summed E-state index contributed by atoms with van der Waals surface area (Å²) in [4.78, 5) is 29.2. The number of benzene rings is 2. The van der Waals surface area contributed by atoms with Gasteiger partial charge in [0.15, 0.2) is 6.73 Å². The molecular weight excluding hydrogens is 569 g/mol. The quantitative estimate of drug-likeness (QED) is 0.218. The van der Waals surface area contributed by atoms with E-state index in [9.17, 15) is 22.8 Å². The van der Waals surface area contributed by atoms with Crippen molar-refractivity contribution in [3.8, 4) is 5.75 Å². The van der Waals surface area contributed by atoms with Gasteiger partial charge in [-0.2, -0.15) is 13.2 Å². The molecule has 0 bridgehead atoms. The highest BCUT2D eigenvalue weighted by Crippen LogP contribution is 2.31. The lowest BCUT2D eigenvalue weighted by atomic mass is 10.2. The summed E-state index contributed by atoms with van der Waals surface area (Å²) in [5.41, 5.74) is 1.41. The number of aromatic nitrogens is 1. The molecule has 1 amide bonds. The third kappa shape index (κ3) is 7.74. The fourth-order valence-corrected chi connectivity index (χ4v) is 5.87. The van der Waals surface area contributed by atoms with Gasteiger partial charge in [0.25, 0.3) is 5.56 Å². The summed E-state index contributed by atoms with van der Waals surface area (Å²) in [5, 5.41) is 6.25. The van der Waals surface area contributed by atoms with Crippen molar-refractivity contribution in [1.82, 2.24) is 14.8 Å². The van der Waals surface area contributed by atoms with Crippen LogP contribution in [0.1, 0.15) is 19.3 Å². The molecule has 1 N–H and O–H groups in total. The van der Waals surface area contributed by atoms with Crippen LogP contribution in [0.3, 0.4) is 0 Å². The van der Waals surface area contributed by atoms with Crippen LogP contribution >= 0.6 is 11.3 Å². The first-order chi connectivity index (χ1) is 20.3. The number of carbonyl (C=O) groups is 1. The summed E-state index contributed by atoms with van der Waals surface area (Å²) in [5.74, 6) is 0.577. The maximum atomic E-state index is 12.5. The number of pyridine rings is 1. The van der Waals surface area contributed by atoms with Gasteiger partial charge in [-0.15, -0.1) is 11.3 Å². The second-order valence-electron chi connectivity index (χ2n) is 10.2. The van der Waals surface area contributed by atoms with Gasteiger partial charge in [0.1, 0.15) is 5.75 Å². The predicted molar refractivity (Wildman–Crippen MR) is 159 cm³/mol. The molecule has 224 valence electrons. The number of nitrogens with one attached hydrogen (secondary N) is 1. The minimum Gasteiger partial charge on any atom is -0.494 e. The van der Waals surface area contributed by atoms with Gasteiger partial charge in [-0.3, -0.25) is 14.3 Å². The molecule has 42 heavy (non-hydrogen) atoms. The van der Waals surface area contributed by atoms with Crippen LogP contribution in [0.5, 0.6) is 5.75 Å². The second-order valence-corrected chi connectivity index (χ2v) is 11.1. The van der Waals surface area contributed by atoms with Crippen LogP contribution in [0.2, 0.25) is 0 Å². The molecule has 5 rings (SSSR count). The van der Waals surface area contributed by atoms with E-state index >= 15 is 0 Å². The van der Waals surface area contributed by atoms with Crippen molar-refractivity contribution < 1.29 is 27.4 Å². The highest BCUT2D eigenvalue weighted by molar-refractivity contribution is 7.17. The Morgan fingerprint density at radius 1 is 1.00 bits per heavy atom. The van der Waals surface area contributed by atoms with Crippen LogP contribution in [-0.4, -0.2) is 67.6 Å². The molecule has 0 saturated carbocycles. The van der Waals surface area contributed by atoms with Crippen LogP contribution in [-0.2, 0) is 11.5 Å². The molecule has 3 heterocycles. The number of hydrogen-bond acceptors (Lipinski definition) is 7. The molecule has 1 aliphatic rings. The lowest BCUT2D eigenvalue weighted by Gasteiger charge is -2.36. The molecule has 8 nitrogen and oxygen atoms in total. The van der Waals surface area contributed by atoms with Crippen LogP contribution in [0.15, 0.2) is 64.8 Å². The fourth-order valence-electron chi connectivity index (χ4n) is 5.07. The summed E-state index contributed by atoms with van der Waals surface area (Å²) in [6.07, 6.45) is -4.71. The average Bonchev–Trinajstić information content (AvgIpc) is 3.45. The zero-order chi connectivity index (χ0) is 29.5. The average molecular weight is 603 g/mol. The van der Waals surface area contributed by atoms with Crippen molar-refractivity contribution in [2.24, 2.45) is 0 Å². The fraction of sp³-hybridized carbons (Fsp3) is 0.400. The largest absolute Gasteiger partial charge is 0.494 e. The van der Waals surface area contributed by atoms with Gasteiger partial charge in [0.2, 0.25) is 0 Å². The SMILES string of the molecule is O=C(NCCC(F)(F)F)OCn1c(=O)ccc2ccc(OCCCCN3CCN(c4cccc5sccc45)CC3)cc21. The Balaban J connectivity index is 1.06. The highest BCUT2D eigenvalue weighted by Gasteiger charge is 2.26. The molecule has 2 aromatic carbocycles. The Labute approximate surface area is 245 Å². The smallest absolute Gasteiger partial charge is 0.408 e. The summed E-state index contributed by atoms with van der Waals surface area (Å²) in [7, 11) is 0. The van der Waals surface area contributed by atoms with Gasteiger partial charge < -0.3 is 19.7 Å². The molecule has 2 aromatic heterocycles. The lowest BCUT2D eigenvalue weighted by Crippen LogP contribution is -2.46. The van der Waals surface area contributed by atoms with E-state index in [1.54, 1.807) is 29.5 Å². The number of halogens is 3. The van der Waals surface area contributed by atoms with E-state index in [0.29, 0.717) is 17.9 Å². The topological polar surface area (TPSA) is 76.0 Å². The van der Waals surface area contributed by atoms with Crippen molar-refractivity contribution in [1.29, 1.82) is 0 Å². The number of amides is 1. The van der Waals surface area contributed by atoms with Gasteiger partial charge in [0.05, 0.1) is 18.5 Å². The molecule has 0 radical (unpaired) electrons. The first kappa shape index (κ1) is 29.7. The summed E-state index contributed by atoms with van der Waals surface area (Å²) < 4.78 is 50.3. The minimum absolute atomic E-state index is 0.408. The Morgan fingerprint density at radius 3 is 2.62 bits per heavy atom. The Hall–Kier alpha value is -3.77. The Bertz CT molecular complexity index is 1560. The standard InChI is InChI=1S/C30H33F3N4O4S/c31-30(32,33)11-12-34-29(39)41-21-37-26-20-23(8-6-22(26)7-9-28(37)38)40-18-2-1-13-35-14-16-36(17-15-35)25-4-3-5-27-24(25)10-19-42-27/h3-10,19-20H,1-2,11-18,21H2,(H,34,39). The zero-order valence-corrected chi connectivity index (χ0v) is 23.9. The van der Waals surface area contributed by atoms with Crippen molar-refractivity contribution in [2.75, 3.05) is 50.8 Å². The number of thiophene rings is 1. The number of alkyl carbamates (subject to hydrolysis) is 1. The highest BCUT2D eigenvalue weighted by atomic mass is 32.1. The van der Waals surface area contributed by atoms with Crippen LogP contribution in [0.25, 0.3) is 21.0 Å². The number of rotatable bonds is 11. The number of fused-ring (bicyclic) bond motifs is 2. The number of nitrogens with zero attached hydrogens (tertiary/aromatic N) is 3. The van der Waals surface area contributed by atoms with Gasteiger partial charge in [-0.1, -0.05) is 6.07 Å². The molecular formula is C30H33F3N4O4S. The van der Waals surface area contributed by atoms with Gasteiger partial charge in [-0.25, -0.2) is 4.79 Å². The number of anilines is 1. The van der Waals surface area contributed by atoms with Crippen molar-refractivity contribution in [3.63, 3.8) is 0 Å². The summed E-state index contributed by atoms with van der Waals surface area (Å²) in [6, 6.07) is 17.0. The number of unbranched alkanes of at least 4 members (excludes halogenated alkanes) is 1. The van der Waals surface area contributed by atoms with Crippen LogP contribution < -0.4 is 20.5 Å². The van der Waals surface area contributed by atoms with Crippen molar-refractivity contribution in [2.45, 2.75) is 32.2 Å². The molecule has 0 aliphatic carbocycles. The third-order valence-corrected chi connectivity index (χ3v) is 8.17. The molecule has 12 heteroatoms. The van der Waals surface area contributed by atoms with E-state index in [1.165, 1.54) is 26.4 Å². The van der Waals surface area contributed by atoms with E-state index in [4.69, 9.17) is 9.47 Å². The molecule has 0 atom stereocenters. The van der Waals surface area contributed by atoms with Gasteiger partial charge >= 0.3 is 12.3 Å². The Morgan fingerprint density at radius 2 is 1.81 bits per heavy atom. The number of hydrogen-bond donors (Lipinski definition) is 1. The van der Waals surface area contributed by atoms with Crippen LogP contribution in [0.4, 0.5) is 23.7 Å². The number of piperazine rings is 1. The molecule has 0 unspecified atom stereocenters. The van der Waals surface area contributed by atoms with Crippen LogP contribution in [0, 0.1) is 0 Å². The first-order valence-electron chi connectivity index (χ1n) is 13.9. The molecule has 1 fully saturated rings. The normalized spacial score (nSPS) is 14.4. The number of alkyl halides is 3. The van der Waals surface area contributed by atoms with E-state index in [2.05, 4.69) is 39.4 Å². The summed E-state index contributed by atoms with van der Waals surface area (Å²) >= 11 is 1.77. The maximum Gasteiger partial charge on any atom is 0.408 e. The molecule has 1 aliphatic heterocycles. The van der Waals surface area contributed by atoms with E-state index < -0.39 is 37.5 Å². The molecule has 1 saturated heterocycles. The van der Waals surface area contributed by atoms with E-state index in [0.717, 1.165) is 51.0 Å². The van der Waals surface area contributed by atoms with Gasteiger partial charge in [0, 0.05) is 60.6 Å². The maximum absolute atomic E-state index is 12.5. The summed E-state index contributed by atoms with van der Waals surface area (Å²) in [6.45, 7) is 4.52. The third-order valence-electron chi connectivity index (χ3n) is 7.29. The first-order valence-corrected chi connectivity index (χ1v) is 14.8. The van der Waals surface area contributed by atoms with Crippen molar-refractivity contribution >= 4 is 44.1 Å². The number of ether oxygens (including phenoxy) is 2. The molecule has 4 aromatic rings.